The van der Waals surface area contributed by atoms with E-state index in [1.807, 2.05) is 0 Å². The zero-order chi connectivity index (χ0) is 11.6. The fourth-order valence-corrected chi connectivity index (χ4v) is 5.21. The summed E-state index contributed by atoms with van der Waals surface area (Å²) in [5.41, 5.74) is 1.48. The Morgan fingerprint density at radius 2 is 1.31 bits per heavy atom. The second-order valence-corrected chi connectivity index (χ2v) is 7.82. The van der Waals surface area contributed by atoms with Crippen molar-refractivity contribution >= 4 is 5.71 Å². The first-order chi connectivity index (χ1) is 7.39. The van der Waals surface area contributed by atoms with Gasteiger partial charge in [0.2, 0.25) is 0 Å². The molecule has 1 heteroatoms. The lowest BCUT2D eigenvalue weighted by Crippen LogP contribution is -2.52. The maximum atomic E-state index is 8.62. The van der Waals surface area contributed by atoms with Crippen molar-refractivity contribution in [3.63, 3.8) is 0 Å². The van der Waals surface area contributed by atoms with Gasteiger partial charge < -0.3 is 5.41 Å². The lowest BCUT2D eigenvalue weighted by molar-refractivity contribution is -0.0166. The van der Waals surface area contributed by atoms with Crippen LogP contribution in [0, 0.1) is 34.0 Å². The quantitative estimate of drug-likeness (QED) is 0.637. The molecule has 0 aliphatic heterocycles. The average molecular weight is 219 g/mol. The van der Waals surface area contributed by atoms with Gasteiger partial charge in [0.05, 0.1) is 0 Å². The van der Waals surface area contributed by atoms with Crippen LogP contribution in [0.5, 0.6) is 0 Å². The lowest BCUT2D eigenvalue weighted by atomic mass is 9.46. The van der Waals surface area contributed by atoms with E-state index in [4.69, 9.17) is 5.41 Å². The first-order valence-corrected chi connectivity index (χ1v) is 6.98. The monoisotopic (exact) mass is 219 g/mol. The van der Waals surface area contributed by atoms with Crippen molar-refractivity contribution in [2.24, 2.45) is 28.6 Å². The highest BCUT2D eigenvalue weighted by molar-refractivity contribution is 5.92. The van der Waals surface area contributed by atoms with Crippen LogP contribution >= 0.6 is 0 Å². The fourth-order valence-electron chi connectivity index (χ4n) is 5.21. The third-order valence-corrected chi connectivity index (χ3v) is 5.32. The zero-order valence-corrected chi connectivity index (χ0v) is 11.0. The van der Waals surface area contributed by atoms with Gasteiger partial charge in [0, 0.05) is 16.5 Å². The minimum Gasteiger partial charge on any atom is -0.309 e. The molecule has 90 valence electrons. The molecule has 0 aromatic heterocycles. The highest BCUT2D eigenvalue weighted by Gasteiger charge is 2.54. The molecule has 0 saturated heterocycles. The van der Waals surface area contributed by atoms with Gasteiger partial charge in [-0.1, -0.05) is 20.8 Å². The molecule has 1 nitrogen and oxygen atoms in total. The van der Waals surface area contributed by atoms with Crippen molar-refractivity contribution in [1.29, 1.82) is 5.41 Å². The third kappa shape index (κ3) is 1.47. The Labute approximate surface area is 99.5 Å². The van der Waals surface area contributed by atoms with Crippen molar-refractivity contribution in [3.05, 3.63) is 0 Å². The first kappa shape index (κ1) is 10.8. The van der Waals surface area contributed by atoms with Crippen LogP contribution in [0.4, 0.5) is 0 Å². The van der Waals surface area contributed by atoms with Gasteiger partial charge in [-0.05, 0) is 56.3 Å². The molecule has 0 amide bonds. The van der Waals surface area contributed by atoms with Crippen LogP contribution in [0.1, 0.15) is 59.3 Å². The van der Waals surface area contributed by atoms with E-state index in [0.717, 1.165) is 23.5 Å². The standard InChI is InChI=1S/C15H25N/c1-14(2,3)13(16)15-7-10-4-11(8-15)6-12(5-10)9-15/h10-12,16H,4-9H2,1-3H3. The molecule has 0 aromatic rings. The molecule has 0 heterocycles. The van der Waals surface area contributed by atoms with E-state index >= 15 is 0 Å². The van der Waals surface area contributed by atoms with E-state index in [-0.39, 0.29) is 5.41 Å². The summed E-state index contributed by atoms with van der Waals surface area (Å²) in [5, 5.41) is 8.62. The van der Waals surface area contributed by atoms with Gasteiger partial charge in [0.1, 0.15) is 0 Å². The van der Waals surface area contributed by atoms with E-state index in [1.165, 1.54) is 38.5 Å². The summed E-state index contributed by atoms with van der Waals surface area (Å²) in [5.74, 6) is 2.90. The van der Waals surface area contributed by atoms with Gasteiger partial charge in [-0.25, -0.2) is 0 Å². The number of rotatable bonds is 1. The minimum absolute atomic E-state index is 0.0890. The Morgan fingerprint density at radius 3 is 1.62 bits per heavy atom. The molecule has 4 fully saturated rings. The summed E-state index contributed by atoms with van der Waals surface area (Å²) in [6.45, 7) is 6.69. The van der Waals surface area contributed by atoms with Crippen LogP contribution in [-0.2, 0) is 0 Å². The summed E-state index contributed by atoms with van der Waals surface area (Å²) >= 11 is 0. The summed E-state index contributed by atoms with van der Waals surface area (Å²) < 4.78 is 0. The van der Waals surface area contributed by atoms with E-state index in [0.29, 0.717) is 5.41 Å². The normalized spacial score (nSPS) is 46.1. The smallest absolute Gasteiger partial charge is 0.0204 e. The van der Waals surface area contributed by atoms with Crippen LogP contribution < -0.4 is 0 Å². The number of hydrogen-bond donors (Lipinski definition) is 1. The second-order valence-electron chi connectivity index (χ2n) is 7.82. The van der Waals surface area contributed by atoms with Gasteiger partial charge in [-0.2, -0.15) is 0 Å². The van der Waals surface area contributed by atoms with E-state index in [2.05, 4.69) is 20.8 Å². The van der Waals surface area contributed by atoms with Crippen LogP contribution in [0.3, 0.4) is 0 Å². The molecular weight excluding hydrogens is 194 g/mol. The maximum absolute atomic E-state index is 8.62. The second kappa shape index (κ2) is 3.11. The van der Waals surface area contributed by atoms with Crippen LogP contribution in [0.15, 0.2) is 0 Å². The minimum atomic E-state index is 0.0890. The van der Waals surface area contributed by atoms with Gasteiger partial charge in [-0.15, -0.1) is 0 Å². The van der Waals surface area contributed by atoms with Crippen molar-refractivity contribution in [2.75, 3.05) is 0 Å². The van der Waals surface area contributed by atoms with Gasteiger partial charge >= 0.3 is 0 Å². The molecule has 4 aliphatic carbocycles. The predicted molar refractivity (Wildman–Crippen MR) is 67.8 cm³/mol. The average Bonchev–Trinajstić information content (AvgIpc) is 2.12. The van der Waals surface area contributed by atoms with E-state index in [9.17, 15) is 0 Å². The maximum Gasteiger partial charge on any atom is 0.0204 e. The summed E-state index contributed by atoms with van der Waals surface area (Å²) in [6, 6.07) is 0. The Hall–Kier alpha value is -0.330. The predicted octanol–water partition coefficient (Wildman–Crippen LogP) is 4.27. The van der Waals surface area contributed by atoms with E-state index in [1.54, 1.807) is 0 Å². The molecule has 0 aromatic carbocycles. The topological polar surface area (TPSA) is 23.9 Å². The Balaban J connectivity index is 1.91. The van der Waals surface area contributed by atoms with Crippen molar-refractivity contribution in [2.45, 2.75) is 59.3 Å². The molecule has 0 atom stereocenters. The zero-order valence-electron chi connectivity index (χ0n) is 11.0. The SMILES string of the molecule is CC(C)(C)C(=N)C12CC3CC(CC(C3)C1)C2. The van der Waals surface area contributed by atoms with Crippen molar-refractivity contribution in [1.82, 2.24) is 0 Å². The molecule has 4 saturated carbocycles. The van der Waals surface area contributed by atoms with Crippen LogP contribution in [0.25, 0.3) is 0 Å². The van der Waals surface area contributed by atoms with E-state index < -0.39 is 0 Å². The lowest BCUT2D eigenvalue weighted by Gasteiger charge is -2.58. The molecule has 16 heavy (non-hydrogen) atoms. The molecule has 1 N–H and O–H groups in total. The molecule has 0 spiro atoms. The highest BCUT2D eigenvalue weighted by atomic mass is 14.6. The number of hydrogen-bond acceptors (Lipinski definition) is 1. The van der Waals surface area contributed by atoms with Gasteiger partial charge in [0.25, 0.3) is 0 Å². The molecule has 0 radical (unpaired) electrons. The molecule has 4 bridgehead atoms. The Morgan fingerprint density at radius 1 is 0.938 bits per heavy atom. The Kier molecular flexibility index (Phi) is 2.10. The van der Waals surface area contributed by atoms with Crippen LogP contribution in [-0.4, -0.2) is 5.71 Å². The molecular formula is C15H25N. The largest absolute Gasteiger partial charge is 0.309 e. The highest BCUT2D eigenvalue weighted by Crippen LogP contribution is 2.61. The molecule has 0 unspecified atom stereocenters. The fraction of sp³-hybridized carbons (Fsp3) is 0.933. The number of nitrogens with one attached hydrogen (secondary N) is 1. The summed E-state index contributed by atoms with van der Waals surface area (Å²) in [7, 11) is 0. The van der Waals surface area contributed by atoms with Gasteiger partial charge in [0.15, 0.2) is 0 Å². The van der Waals surface area contributed by atoms with Gasteiger partial charge in [-0.3, -0.25) is 0 Å². The van der Waals surface area contributed by atoms with Crippen LogP contribution in [0.2, 0.25) is 0 Å². The van der Waals surface area contributed by atoms with Crippen molar-refractivity contribution in [3.8, 4) is 0 Å². The molecule has 4 aliphatic rings. The van der Waals surface area contributed by atoms with Crippen molar-refractivity contribution < 1.29 is 0 Å². The third-order valence-electron chi connectivity index (χ3n) is 5.32. The Bertz CT molecular complexity index is 286. The summed E-state index contributed by atoms with van der Waals surface area (Å²) in [6.07, 6.45) is 8.48. The summed E-state index contributed by atoms with van der Waals surface area (Å²) in [4.78, 5) is 0. The first-order valence-electron chi connectivity index (χ1n) is 6.98. The molecule has 4 rings (SSSR count).